The lowest BCUT2D eigenvalue weighted by molar-refractivity contribution is -0.124. The van der Waals surface area contributed by atoms with Gasteiger partial charge < -0.3 is 0 Å². The van der Waals surface area contributed by atoms with Gasteiger partial charge in [-0.2, -0.15) is 0 Å². The summed E-state index contributed by atoms with van der Waals surface area (Å²) in [5.74, 6) is -0.695. The number of benzene rings is 2. The first-order valence-corrected chi connectivity index (χ1v) is 7.54. The first kappa shape index (κ1) is 15.1. The molecule has 0 radical (unpaired) electrons. The molecule has 2 aromatic carbocycles. The third kappa shape index (κ3) is 3.44. The molecule has 0 fully saturated rings. The third-order valence-electron chi connectivity index (χ3n) is 2.90. The summed E-state index contributed by atoms with van der Waals surface area (Å²) in [6.45, 7) is 2.66. The molecular weight excluding hydrogens is 286 g/mol. The van der Waals surface area contributed by atoms with Crippen LogP contribution in [0, 0.1) is 0 Å². The minimum Gasteiger partial charge on any atom is -0.274 e. The minimum atomic E-state index is -1.28. The first-order chi connectivity index (χ1) is 10.0. The van der Waals surface area contributed by atoms with Crippen molar-refractivity contribution in [3.63, 3.8) is 0 Å². The number of rotatable bonds is 3. The molecule has 1 unspecified atom stereocenters. The molecule has 4 nitrogen and oxygen atoms in total. The van der Waals surface area contributed by atoms with Crippen molar-refractivity contribution in [2.75, 3.05) is 4.90 Å². The largest absolute Gasteiger partial charge is 0.274 e. The molecule has 108 valence electrons. The third-order valence-corrected chi connectivity index (χ3v) is 4.30. The van der Waals surface area contributed by atoms with E-state index in [4.69, 9.17) is 0 Å². The van der Waals surface area contributed by atoms with Crippen LogP contribution in [0.5, 0.6) is 0 Å². The number of hydrogen-bond donors (Lipinski definition) is 0. The SMILES string of the molecule is CC(=O)N(C(C)=O)c1ccc(S(=O)c2ccccc2)cc1. The summed E-state index contributed by atoms with van der Waals surface area (Å²) in [5.41, 5.74) is 0.476. The van der Waals surface area contributed by atoms with Crippen LogP contribution in [0.1, 0.15) is 13.8 Å². The molecule has 0 aliphatic carbocycles. The molecule has 0 aliphatic heterocycles. The van der Waals surface area contributed by atoms with Crippen LogP contribution in [-0.2, 0) is 20.4 Å². The van der Waals surface area contributed by atoms with Crippen molar-refractivity contribution in [1.29, 1.82) is 0 Å². The zero-order chi connectivity index (χ0) is 15.4. The number of hydrogen-bond acceptors (Lipinski definition) is 3. The van der Waals surface area contributed by atoms with Crippen LogP contribution in [0.2, 0.25) is 0 Å². The van der Waals surface area contributed by atoms with Crippen molar-refractivity contribution < 1.29 is 13.8 Å². The molecule has 1 atom stereocenters. The summed E-state index contributed by atoms with van der Waals surface area (Å²) in [7, 11) is -1.28. The van der Waals surface area contributed by atoms with E-state index >= 15 is 0 Å². The fourth-order valence-corrected chi connectivity index (χ4v) is 3.04. The van der Waals surface area contributed by atoms with Gasteiger partial charge in [0, 0.05) is 23.6 Å². The number of carbonyl (C=O) groups is 2. The Balaban J connectivity index is 2.29. The molecule has 0 spiro atoms. The summed E-state index contributed by atoms with van der Waals surface area (Å²) in [6, 6.07) is 15.7. The van der Waals surface area contributed by atoms with Crippen molar-refractivity contribution in [1.82, 2.24) is 0 Å². The Morgan fingerprint density at radius 1 is 0.810 bits per heavy atom. The number of carbonyl (C=O) groups excluding carboxylic acids is 2. The molecule has 2 aromatic rings. The molecule has 5 heteroatoms. The van der Waals surface area contributed by atoms with Gasteiger partial charge >= 0.3 is 0 Å². The second kappa shape index (κ2) is 6.45. The molecule has 21 heavy (non-hydrogen) atoms. The van der Waals surface area contributed by atoms with E-state index in [0.717, 1.165) is 4.90 Å². The first-order valence-electron chi connectivity index (χ1n) is 6.39. The van der Waals surface area contributed by atoms with Crippen LogP contribution < -0.4 is 4.90 Å². The molecule has 0 bridgehead atoms. The van der Waals surface area contributed by atoms with Gasteiger partial charge in [-0.25, -0.2) is 4.21 Å². The van der Waals surface area contributed by atoms with Gasteiger partial charge in [0.2, 0.25) is 11.8 Å². The van der Waals surface area contributed by atoms with E-state index in [1.807, 2.05) is 18.2 Å². The van der Waals surface area contributed by atoms with E-state index in [1.165, 1.54) is 13.8 Å². The van der Waals surface area contributed by atoms with Gasteiger partial charge in [-0.15, -0.1) is 0 Å². The molecule has 2 amide bonds. The maximum absolute atomic E-state index is 12.4. The fourth-order valence-electron chi connectivity index (χ4n) is 1.98. The minimum absolute atomic E-state index is 0.348. The zero-order valence-electron chi connectivity index (χ0n) is 11.8. The van der Waals surface area contributed by atoms with Gasteiger partial charge in [0.15, 0.2) is 0 Å². The Morgan fingerprint density at radius 2 is 1.29 bits per heavy atom. The summed E-state index contributed by atoms with van der Waals surface area (Å²) < 4.78 is 12.4. The van der Waals surface area contributed by atoms with Crippen molar-refractivity contribution in [2.45, 2.75) is 23.6 Å². The number of nitrogens with zero attached hydrogens (tertiary/aromatic N) is 1. The van der Waals surface area contributed by atoms with E-state index < -0.39 is 10.8 Å². The molecule has 0 N–H and O–H groups in total. The Labute approximate surface area is 125 Å². The predicted octanol–water partition coefficient (Wildman–Crippen LogP) is 2.75. The average Bonchev–Trinajstić information content (AvgIpc) is 2.47. The van der Waals surface area contributed by atoms with Crippen molar-refractivity contribution >= 4 is 28.3 Å². The van der Waals surface area contributed by atoms with E-state index in [0.29, 0.717) is 15.5 Å². The lowest BCUT2D eigenvalue weighted by atomic mass is 10.3. The Bertz CT molecular complexity index is 666. The molecule has 0 aliphatic rings. The highest BCUT2D eigenvalue weighted by molar-refractivity contribution is 7.85. The standard InChI is InChI=1S/C16H15NO3S/c1-12(18)17(13(2)19)14-8-10-16(11-9-14)21(20)15-6-4-3-5-7-15/h3-11H,1-2H3. The number of imide groups is 1. The predicted molar refractivity (Wildman–Crippen MR) is 81.4 cm³/mol. The van der Waals surface area contributed by atoms with Gasteiger partial charge in [-0.3, -0.25) is 14.5 Å². The van der Waals surface area contributed by atoms with Crippen LogP contribution in [-0.4, -0.2) is 16.0 Å². The fraction of sp³-hybridized carbons (Fsp3) is 0.125. The Hall–Kier alpha value is -2.27. The van der Waals surface area contributed by atoms with Gasteiger partial charge in [-0.05, 0) is 36.4 Å². The maximum atomic E-state index is 12.4. The summed E-state index contributed by atoms with van der Waals surface area (Å²) in [4.78, 5) is 25.4. The summed E-state index contributed by atoms with van der Waals surface area (Å²) in [5, 5.41) is 0. The van der Waals surface area contributed by atoms with E-state index in [-0.39, 0.29) is 11.8 Å². The van der Waals surface area contributed by atoms with Crippen LogP contribution in [0.3, 0.4) is 0 Å². The van der Waals surface area contributed by atoms with E-state index in [9.17, 15) is 13.8 Å². The van der Waals surface area contributed by atoms with Crippen LogP contribution in [0.15, 0.2) is 64.4 Å². The van der Waals surface area contributed by atoms with Crippen molar-refractivity contribution in [3.8, 4) is 0 Å². The second-order valence-electron chi connectivity index (χ2n) is 4.45. The zero-order valence-corrected chi connectivity index (χ0v) is 12.6. The van der Waals surface area contributed by atoms with Gasteiger partial charge in [-0.1, -0.05) is 18.2 Å². The normalized spacial score (nSPS) is 11.7. The smallest absolute Gasteiger partial charge is 0.230 e. The summed E-state index contributed by atoms with van der Waals surface area (Å²) in [6.07, 6.45) is 0. The Kier molecular flexibility index (Phi) is 4.65. The van der Waals surface area contributed by atoms with Crippen molar-refractivity contribution in [3.05, 3.63) is 54.6 Å². The van der Waals surface area contributed by atoms with E-state index in [2.05, 4.69) is 0 Å². The molecule has 2 rings (SSSR count). The average molecular weight is 301 g/mol. The quantitative estimate of drug-likeness (QED) is 0.876. The van der Waals surface area contributed by atoms with Crippen LogP contribution >= 0.6 is 0 Å². The van der Waals surface area contributed by atoms with Crippen LogP contribution in [0.4, 0.5) is 5.69 Å². The highest BCUT2D eigenvalue weighted by atomic mass is 32.2. The number of amides is 2. The van der Waals surface area contributed by atoms with Crippen molar-refractivity contribution in [2.24, 2.45) is 0 Å². The highest BCUT2D eigenvalue weighted by Gasteiger charge is 2.16. The molecule has 0 saturated carbocycles. The highest BCUT2D eigenvalue weighted by Crippen LogP contribution is 2.21. The van der Waals surface area contributed by atoms with E-state index in [1.54, 1.807) is 36.4 Å². The Morgan fingerprint density at radius 3 is 1.76 bits per heavy atom. The summed E-state index contributed by atoms with van der Waals surface area (Å²) >= 11 is 0. The maximum Gasteiger partial charge on any atom is 0.230 e. The molecular formula is C16H15NO3S. The molecule has 0 heterocycles. The molecule has 0 saturated heterocycles. The van der Waals surface area contributed by atoms with Gasteiger partial charge in [0.05, 0.1) is 16.5 Å². The topological polar surface area (TPSA) is 54.5 Å². The van der Waals surface area contributed by atoms with Crippen LogP contribution in [0.25, 0.3) is 0 Å². The molecule has 0 aromatic heterocycles. The monoisotopic (exact) mass is 301 g/mol. The number of anilines is 1. The lowest BCUT2D eigenvalue weighted by Crippen LogP contribution is -2.32. The second-order valence-corrected chi connectivity index (χ2v) is 5.93. The van der Waals surface area contributed by atoms with Gasteiger partial charge in [0.1, 0.15) is 0 Å². The van der Waals surface area contributed by atoms with Gasteiger partial charge in [0.25, 0.3) is 0 Å². The lowest BCUT2D eigenvalue weighted by Gasteiger charge is -2.17.